The van der Waals surface area contributed by atoms with Crippen LogP contribution in [0.4, 0.5) is 4.79 Å². The summed E-state index contributed by atoms with van der Waals surface area (Å²) in [6.07, 6.45) is 0.488. The Morgan fingerprint density at radius 2 is 1.90 bits per heavy atom. The third kappa shape index (κ3) is 9.06. The highest BCUT2D eigenvalue weighted by Crippen LogP contribution is 2.19. The van der Waals surface area contributed by atoms with Crippen molar-refractivity contribution < 1.29 is 24.2 Å². The molecule has 2 amide bonds. The Hall–Kier alpha value is -3.10. The number of hydrogen-bond donors (Lipinski definition) is 3. The highest BCUT2D eigenvalue weighted by atomic mass is 35.5. The van der Waals surface area contributed by atoms with Gasteiger partial charge in [-0.05, 0) is 44.5 Å². The topological polar surface area (TPSA) is 109 Å². The smallest absolute Gasteiger partial charge is 0.408 e. The van der Waals surface area contributed by atoms with E-state index in [1.54, 1.807) is 20.8 Å². The first kappa shape index (κ1) is 24.2. The van der Waals surface area contributed by atoms with Crippen molar-refractivity contribution in [2.45, 2.75) is 39.0 Å². The van der Waals surface area contributed by atoms with E-state index in [0.29, 0.717) is 10.6 Å². The molecule has 31 heavy (non-hydrogen) atoms. The Balaban J connectivity index is 2.00. The van der Waals surface area contributed by atoms with E-state index in [9.17, 15) is 14.7 Å². The number of hydrazone groups is 1. The summed E-state index contributed by atoms with van der Waals surface area (Å²) in [5.41, 5.74) is 2.85. The molecule has 0 aliphatic heterocycles. The maximum atomic E-state index is 12.6. The summed E-state index contributed by atoms with van der Waals surface area (Å²) in [5, 5.41) is 16.5. The minimum Gasteiger partial charge on any atom is -0.507 e. The van der Waals surface area contributed by atoms with Crippen LogP contribution in [0, 0.1) is 0 Å². The molecule has 0 saturated heterocycles. The maximum absolute atomic E-state index is 12.6. The highest BCUT2D eigenvalue weighted by molar-refractivity contribution is 6.30. The van der Waals surface area contributed by atoms with Crippen molar-refractivity contribution in [3.8, 4) is 5.75 Å². The largest absolute Gasteiger partial charge is 0.507 e. The van der Waals surface area contributed by atoms with E-state index < -0.39 is 23.6 Å². The number of nitrogens with zero attached hydrogens (tertiary/aromatic N) is 1. The molecule has 0 aliphatic rings. The number of aromatic hydroxyl groups is 1. The molecule has 2 aromatic rings. The molecule has 2 aromatic carbocycles. The van der Waals surface area contributed by atoms with Gasteiger partial charge in [0.05, 0.1) is 19.4 Å². The second-order valence-corrected chi connectivity index (χ2v) is 8.07. The number of phenols is 1. The van der Waals surface area contributed by atoms with E-state index in [-0.39, 0.29) is 19.0 Å². The Morgan fingerprint density at radius 1 is 1.19 bits per heavy atom. The summed E-state index contributed by atoms with van der Waals surface area (Å²) in [7, 11) is 0. The van der Waals surface area contributed by atoms with Crippen LogP contribution in [0.2, 0.25) is 5.02 Å². The fourth-order valence-electron chi connectivity index (χ4n) is 2.37. The molecular formula is C22H26ClN3O5. The van der Waals surface area contributed by atoms with Crippen molar-refractivity contribution in [1.29, 1.82) is 0 Å². The van der Waals surface area contributed by atoms with Crippen LogP contribution in [-0.2, 0) is 20.9 Å². The molecule has 0 aromatic heterocycles. The Morgan fingerprint density at radius 3 is 2.58 bits per heavy atom. The molecule has 1 unspecified atom stereocenters. The monoisotopic (exact) mass is 447 g/mol. The van der Waals surface area contributed by atoms with Gasteiger partial charge in [-0.15, -0.1) is 0 Å². The number of rotatable bonds is 8. The molecule has 2 rings (SSSR count). The van der Waals surface area contributed by atoms with E-state index in [0.717, 1.165) is 5.56 Å². The summed E-state index contributed by atoms with van der Waals surface area (Å²) >= 11 is 5.89. The number of amides is 2. The van der Waals surface area contributed by atoms with Crippen LogP contribution < -0.4 is 10.7 Å². The Bertz CT molecular complexity index is 913. The SMILES string of the molecule is CC(C)(C)OC(=O)NC(COCc1ccccc1)C(=O)NN=Cc1cc(Cl)ccc1O. The van der Waals surface area contributed by atoms with Crippen LogP contribution in [0.25, 0.3) is 0 Å². The van der Waals surface area contributed by atoms with Crippen LogP contribution in [-0.4, -0.2) is 41.6 Å². The fourth-order valence-corrected chi connectivity index (χ4v) is 2.55. The van der Waals surface area contributed by atoms with Gasteiger partial charge in [0.1, 0.15) is 17.4 Å². The predicted molar refractivity (Wildman–Crippen MR) is 118 cm³/mol. The third-order valence-electron chi connectivity index (χ3n) is 3.77. The molecule has 0 heterocycles. The lowest BCUT2D eigenvalue weighted by atomic mass is 10.2. The van der Waals surface area contributed by atoms with E-state index >= 15 is 0 Å². The van der Waals surface area contributed by atoms with Crippen molar-refractivity contribution in [3.63, 3.8) is 0 Å². The lowest BCUT2D eigenvalue weighted by Gasteiger charge is -2.22. The first-order valence-electron chi connectivity index (χ1n) is 9.56. The number of ether oxygens (including phenoxy) is 2. The van der Waals surface area contributed by atoms with Gasteiger partial charge in [-0.25, -0.2) is 10.2 Å². The molecule has 3 N–H and O–H groups in total. The van der Waals surface area contributed by atoms with Crippen LogP contribution in [0.15, 0.2) is 53.6 Å². The van der Waals surface area contributed by atoms with Crippen molar-refractivity contribution in [1.82, 2.24) is 10.7 Å². The molecule has 0 aliphatic carbocycles. The molecule has 0 spiro atoms. The summed E-state index contributed by atoms with van der Waals surface area (Å²) in [4.78, 5) is 24.7. The first-order chi connectivity index (χ1) is 14.6. The van der Waals surface area contributed by atoms with E-state index in [2.05, 4.69) is 15.8 Å². The predicted octanol–water partition coefficient (Wildman–Crippen LogP) is 3.61. The number of hydrogen-bond acceptors (Lipinski definition) is 6. The molecule has 166 valence electrons. The van der Waals surface area contributed by atoms with E-state index in [1.807, 2.05) is 30.3 Å². The van der Waals surface area contributed by atoms with Crippen LogP contribution >= 0.6 is 11.6 Å². The number of nitrogens with one attached hydrogen (secondary N) is 2. The third-order valence-corrected chi connectivity index (χ3v) is 4.01. The highest BCUT2D eigenvalue weighted by Gasteiger charge is 2.24. The summed E-state index contributed by atoms with van der Waals surface area (Å²) in [6, 6.07) is 12.8. The summed E-state index contributed by atoms with van der Waals surface area (Å²) < 4.78 is 10.8. The number of carbonyl (C=O) groups is 2. The van der Waals surface area contributed by atoms with Gasteiger partial charge in [0.15, 0.2) is 0 Å². The minimum absolute atomic E-state index is 0.0444. The van der Waals surface area contributed by atoms with Gasteiger partial charge in [0.25, 0.3) is 5.91 Å². The van der Waals surface area contributed by atoms with Crippen molar-refractivity contribution in [2.24, 2.45) is 5.10 Å². The average molecular weight is 448 g/mol. The fraction of sp³-hybridized carbons (Fsp3) is 0.318. The lowest BCUT2D eigenvalue weighted by molar-refractivity contribution is -0.124. The molecule has 0 saturated carbocycles. The summed E-state index contributed by atoms with van der Waals surface area (Å²) in [6.45, 7) is 5.32. The number of benzene rings is 2. The lowest BCUT2D eigenvalue weighted by Crippen LogP contribution is -2.49. The quantitative estimate of drug-likeness (QED) is 0.423. The Labute approximate surface area is 186 Å². The molecule has 0 bridgehead atoms. The second kappa shape index (κ2) is 11.3. The van der Waals surface area contributed by atoms with Crippen molar-refractivity contribution in [2.75, 3.05) is 6.61 Å². The molecule has 9 heteroatoms. The number of phenolic OH excluding ortho intramolecular Hbond substituents is 1. The maximum Gasteiger partial charge on any atom is 0.408 e. The average Bonchev–Trinajstić information content (AvgIpc) is 2.69. The minimum atomic E-state index is -1.05. The van der Waals surface area contributed by atoms with Crippen molar-refractivity contribution in [3.05, 3.63) is 64.7 Å². The molecule has 0 radical (unpaired) electrons. The van der Waals surface area contributed by atoms with Crippen LogP contribution in [0.5, 0.6) is 5.75 Å². The normalized spacial score (nSPS) is 12.4. The summed E-state index contributed by atoms with van der Waals surface area (Å²) in [5.74, 6) is -0.659. The molecule has 1 atom stereocenters. The zero-order valence-electron chi connectivity index (χ0n) is 17.6. The Kier molecular flexibility index (Phi) is 8.84. The van der Waals surface area contributed by atoms with Gasteiger partial charge >= 0.3 is 6.09 Å². The van der Waals surface area contributed by atoms with Crippen molar-refractivity contribution >= 4 is 29.8 Å². The zero-order chi connectivity index (χ0) is 22.9. The molecule has 0 fully saturated rings. The number of alkyl carbamates (subject to hydrolysis) is 1. The van der Waals surface area contributed by atoms with Crippen LogP contribution in [0.3, 0.4) is 0 Å². The standard InChI is InChI=1S/C22H26ClN3O5/c1-22(2,3)31-21(29)25-18(14-30-13-15-7-5-4-6-8-15)20(28)26-24-12-16-11-17(23)9-10-19(16)27/h4-12,18,27H,13-14H2,1-3H3,(H,25,29)(H,26,28). The number of carbonyl (C=O) groups excluding carboxylic acids is 2. The van der Waals surface area contributed by atoms with Gasteiger partial charge in [0, 0.05) is 10.6 Å². The first-order valence-corrected chi connectivity index (χ1v) is 9.94. The molecule has 8 nitrogen and oxygen atoms in total. The van der Waals surface area contributed by atoms with Gasteiger partial charge in [-0.2, -0.15) is 5.10 Å². The zero-order valence-corrected chi connectivity index (χ0v) is 18.3. The van der Waals surface area contributed by atoms with Gasteiger partial charge in [-0.1, -0.05) is 41.9 Å². The van der Waals surface area contributed by atoms with Gasteiger partial charge in [0.2, 0.25) is 0 Å². The van der Waals surface area contributed by atoms with E-state index in [4.69, 9.17) is 21.1 Å². The molecular weight excluding hydrogens is 422 g/mol. The van der Waals surface area contributed by atoms with Gasteiger partial charge < -0.3 is 19.9 Å². The number of halogens is 1. The second-order valence-electron chi connectivity index (χ2n) is 7.64. The van der Waals surface area contributed by atoms with Crippen LogP contribution in [0.1, 0.15) is 31.9 Å². The van der Waals surface area contributed by atoms with Gasteiger partial charge in [-0.3, -0.25) is 4.79 Å². The van der Waals surface area contributed by atoms with E-state index in [1.165, 1.54) is 24.4 Å².